The Kier molecular flexibility index (Phi) is 7.90. The highest BCUT2D eigenvalue weighted by Crippen LogP contribution is 2.34. The van der Waals surface area contributed by atoms with Crippen LogP contribution in [0.5, 0.6) is 0 Å². The number of halogens is 6. The van der Waals surface area contributed by atoms with Gasteiger partial charge in [0.1, 0.15) is 11.6 Å². The standard InChI is InChI=1S/C25H14F2I4/c26-18-5-1-16(2-6-18)24-20(28)10-14(11-21(24)29)9-15-12-22(30)25(23(31)13-15)17-3-7-19(27)8-4-17/h1-8,10-13H,9H2. The zero-order valence-electron chi connectivity index (χ0n) is 15.9. The molecule has 0 aliphatic rings. The molecule has 0 spiro atoms. The molecular weight excluding hydrogens is 846 g/mol. The highest BCUT2D eigenvalue weighted by atomic mass is 127. The Labute approximate surface area is 234 Å². The van der Waals surface area contributed by atoms with Crippen LogP contribution in [0.15, 0.2) is 72.8 Å². The highest BCUT2D eigenvalue weighted by Gasteiger charge is 2.13. The zero-order valence-corrected chi connectivity index (χ0v) is 24.5. The lowest BCUT2D eigenvalue weighted by Crippen LogP contribution is -1.97. The van der Waals surface area contributed by atoms with Crippen LogP contribution >= 0.6 is 90.4 Å². The van der Waals surface area contributed by atoms with Crippen LogP contribution in [-0.2, 0) is 6.42 Å². The molecule has 0 amide bonds. The molecule has 0 aromatic heterocycles. The molecule has 0 atom stereocenters. The molecule has 4 aromatic rings. The second kappa shape index (κ2) is 10.3. The van der Waals surface area contributed by atoms with Gasteiger partial charge in [-0.2, -0.15) is 0 Å². The molecule has 6 heteroatoms. The van der Waals surface area contributed by atoms with Gasteiger partial charge in [-0.15, -0.1) is 0 Å². The summed E-state index contributed by atoms with van der Waals surface area (Å²) >= 11 is 9.45. The Morgan fingerprint density at radius 3 is 1.06 bits per heavy atom. The third-order valence-electron chi connectivity index (χ3n) is 4.88. The molecular formula is C25H14F2I4. The molecule has 4 aromatic carbocycles. The van der Waals surface area contributed by atoms with E-state index in [0.29, 0.717) is 0 Å². The van der Waals surface area contributed by atoms with Crippen molar-refractivity contribution in [1.82, 2.24) is 0 Å². The van der Waals surface area contributed by atoms with Gasteiger partial charge in [0.15, 0.2) is 0 Å². The first-order valence-corrected chi connectivity index (χ1v) is 13.6. The topological polar surface area (TPSA) is 0 Å². The van der Waals surface area contributed by atoms with E-state index in [-0.39, 0.29) is 11.6 Å². The maximum Gasteiger partial charge on any atom is 0.123 e. The van der Waals surface area contributed by atoms with Gasteiger partial charge < -0.3 is 0 Å². The van der Waals surface area contributed by atoms with Crippen molar-refractivity contribution in [3.8, 4) is 22.3 Å². The number of benzene rings is 4. The number of hydrogen-bond acceptors (Lipinski definition) is 0. The van der Waals surface area contributed by atoms with Crippen molar-refractivity contribution in [1.29, 1.82) is 0 Å². The van der Waals surface area contributed by atoms with Gasteiger partial charge >= 0.3 is 0 Å². The average Bonchev–Trinajstić information content (AvgIpc) is 2.70. The van der Waals surface area contributed by atoms with Crippen LogP contribution in [0.1, 0.15) is 11.1 Å². The molecule has 0 fully saturated rings. The average molecular weight is 860 g/mol. The Hall–Kier alpha value is -0.340. The molecule has 0 saturated carbocycles. The minimum atomic E-state index is -0.223. The monoisotopic (exact) mass is 860 g/mol. The molecule has 156 valence electrons. The summed E-state index contributed by atoms with van der Waals surface area (Å²) < 4.78 is 31.2. The van der Waals surface area contributed by atoms with Gasteiger partial charge in [0.05, 0.1) is 0 Å². The summed E-state index contributed by atoms with van der Waals surface area (Å²) in [5.74, 6) is -0.447. The highest BCUT2D eigenvalue weighted by molar-refractivity contribution is 14.1. The van der Waals surface area contributed by atoms with Crippen molar-refractivity contribution in [3.05, 3.63) is 110 Å². The van der Waals surface area contributed by atoms with E-state index in [0.717, 1.165) is 43.0 Å². The summed E-state index contributed by atoms with van der Waals surface area (Å²) in [6.07, 6.45) is 0.825. The molecule has 31 heavy (non-hydrogen) atoms. The minimum absolute atomic E-state index is 0.223. The Morgan fingerprint density at radius 1 is 0.484 bits per heavy atom. The van der Waals surface area contributed by atoms with E-state index >= 15 is 0 Å². The lowest BCUT2D eigenvalue weighted by Gasteiger charge is -2.14. The second-order valence-electron chi connectivity index (χ2n) is 7.06. The Balaban J connectivity index is 1.65. The lowest BCUT2D eigenvalue weighted by molar-refractivity contribution is 0.627. The quantitative estimate of drug-likeness (QED) is 0.180. The summed E-state index contributed by atoms with van der Waals surface area (Å²) in [6.45, 7) is 0. The number of rotatable bonds is 4. The van der Waals surface area contributed by atoms with Gasteiger partial charge in [-0.1, -0.05) is 24.3 Å². The third kappa shape index (κ3) is 5.60. The van der Waals surface area contributed by atoms with Gasteiger partial charge in [-0.3, -0.25) is 0 Å². The van der Waals surface area contributed by atoms with Crippen LogP contribution in [0.3, 0.4) is 0 Å². The van der Waals surface area contributed by atoms with E-state index in [1.54, 1.807) is 0 Å². The van der Waals surface area contributed by atoms with E-state index in [4.69, 9.17) is 0 Å². The van der Waals surface area contributed by atoms with E-state index in [2.05, 4.69) is 115 Å². The fourth-order valence-electron chi connectivity index (χ4n) is 3.48. The molecule has 0 radical (unpaired) electrons. The number of hydrogen-bond donors (Lipinski definition) is 0. The first-order chi connectivity index (χ1) is 14.8. The molecule has 0 unspecified atom stereocenters. The van der Waals surface area contributed by atoms with Gasteiger partial charge in [-0.25, -0.2) is 8.78 Å². The largest absolute Gasteiger partial charge is 0.207 e. The van der Waals surface area contributed by atoms with E-state index in [9.17, 15) is 8.78 Å². The van der Waals surface area contributed by atoms with Crippen molar-refractivity contribution in [3.63, 3.8) is 0 Å². The van der Waals surface area contributed by atoms with E-state index in [1.807, 2.05) is 24.3 Å². The molecule has 4 rings (SSSR count). The summed E-state index contributed by atoms with van der Waals surface area (Å²) in [7, 11) is 0. The lowest BCUT2D eigenvalue weighted by atomic mass is 9.98. The van der Waals surface area contributed by atoms with Gasteiger partial charge in [-0.05, 0) is 168 Å². The predicted molar refractivity (Wildman–Crippen MR) is 157 cm³/mol. The van der Waals surface area contributed by atoms with Gasteiger partial charge in [0.2, 0.25) is 0 Å². The first kappa shape index (κ1) is 23.8. The zero-order chi connectivity index (χ0) is 22.1. The SMILES string of the molecule is Fc1ccc(-c2c(I)cc(Cc3cc(I)c(-c4ccc(F)cc4)c(I)c3)cc2I)cc1. The molecule has 0 aliphatic heterocycles. The van der Waals surface area contributed by atoms with Crippen LogP contribution in [0.2, 0.25) is 0 Å². The molecule has 0 saturated heterocycles. The van der Waals surface area contributed by atoms with Crippen molar-refractivity contribution in [2.24, 2.45) is 0 Å². The first-order valence-electron chi connectivity index (χ1n) is 9.29. The second-order valence-corrected chi connectivity index (χ2v) is 11.7. The smallest absolute Gasteiger partial charge is 0.123 e. The molecule has 0 N–H and O–H groups in total. The van der Waals surface area contributed by atoms with Crippen molar-refractivity contribution < 1.29 is 8.78 Å². The maximum atomic E-state index is 13.3. The molecule has 0 nitrogen and oxygen atoms in total. The molecule has 0 aliphatic carbocycles. The summed E-state index contributed by atoms with van der Waals surface area (Å²) in [5.41, 5.74) is 6.80. The van der Waals surface area contributed by atoms with E-state index < -0.39 is 0 Å². The maximum absolute atomic E-state index is 13.3. The van der Waals surface area contributed by atoms with Crippen LogP contribution in [-0.4, -0.2) is 0 Å². The Morgan fingerprint density at radius 2 is 0.774 bits per heavy atom. The molecule has 0 heterocycles. The van der Waals surface area contributed by atoms with Crippen molar-refractivity contribution in [2.45, 2.75) is 6.42 Å². The van der Waals surface area contributed by atoms with Crippen LogP contribution in [0.4, 0.5) is 8.78 Å². The Bertz CT molecular complexity index is 1100. The fraction of sp³-hybridized carbons (Fsp3) is 0.0400. The van der Waals surface area contributed by atoms with Crippen LogP contribution < -0.4 is 0 Å². The summed E-state index contributed by atoms with van der Waals surface area (Å²) in [4.78, 5) is 0. The van der Waals surface area contributed by atoms with E-state index in [1.165, 1.54) is 35.4 Å². The van der Waals surface area contributed by atoms with Gasteiger partial charge in [0, 0.05) is 25.4 Å². The minimum Gasteiger partial charge on any atom is -0.207 e. The van der Waals surface area contributed by atoms with Crippen molar-refractivity contribution >= 4 is 90.4 Å². The van der Waals surface area contributed by atoms with Crippen LogP contribution in [0, 0.1) is 25.9 Å². The molecule has 0 bridgehead atoms. The third-order valence-corrected chi connectivity index (χ3v) is 8.28. The van der Waals surface area contributed by atoms with Gasteiger partial charge in [0.25, 0.3) is 0 Å². The van der Waals surface area contributed by atoms with Crippen molar-refractivity contribution in [2.75, 3.05) is 0 Å². The fourth-order valence-corrected chi connectivity index (χ4v) is 8.52. The normalized spacial score (nSPS) is 11.0. The summed E-state index contributed by atoms with van der Waals surface area (Å²) in [5, 5.41) is 0. The summed E-state index contributed by atoms with van der Waals surface area (Å²) in [6, 6.07) is 22.1. The predicted octanol–water partition coefficient (Wildman–Crippen LogP) is 9.31. The van der Waals surface area contributed by atoms with Crippen LogP contribution in [0.25, 0.3) is 22.3 Å².